The molecular weight excluding hydrogens is 200 g/mol. The molecule has 0 aliphatic heterocycles. The highest BCUT2D eigenvalue weighted by Gasteiger charge is 2.07. The van der Waals surface area contributed by atoms with E-state index in [4.69, 9.17) is 16.7 Å². The molecule has 0 unspecified atom stereocenters. The van der Waals surface area contributed by atoms with Crippen LogP contribution in [0.2, 0.25) is 5.15 Å². The number of aromatic nitrogens is 2. The summed E-state index contributed by atoms with van der Waals surface area (Å²) in [6, 6.07) is 5.60. The van der Waals surface area contributed by atoms with E-state index in [1.54, 1.807) is 6.07 Å². The van der Waals surface area contributed by atoms with Crippen LogP contribution in [-0.4, -0.2) is 14.7 Å². The van der Waals surface area contributed by atoms with E-state index in [-0.39, 0.29) is 6.61 Å². The molecule has 0 fully saturated rings. The van der Waals surface area contributed by atoms with Crippen LogP contribution in [0, 0.1) is 0 Å². The fourth-order valence-electron chi connectivity index (χ4n) is 1.64. The Kier molecular flexibility index (Phi) is 2.44. The van der Waals surface area contributed by atoms with Crippen molar-refractivity contribution in [3.63, 3.8) is 0 Å². The number of rotatable bonds is 2. The Hall–Kier alpha value is -1.06. The molecule has 0 saturated carbocycles. The lowest BCUT2D eigenvalue weighted by Crippen LogP contribution is -2.00. The summed E-state index contributed by atoms with van der Waals surface area (Å²) in [5.41, 5.74) is 1.71. The molecule has 0 radical (unpaired) electrons. The Balaban J connectivity index is 2.74. The van der Waals surface area contributed by atoms with Crippen molar-refractivity contribution in [3.8, 4) is 0 Å². The number of hydrogen-bond acceptors (Lipinski definition) is 2. The van der Waals surface area contributed by atoms with Gasteiger partial charge in [-0.1, -0.05) is 11.6 Å². The van der Waals surface area contributed by atoms with E-state index in [1.165, 1.54) is 0 Å². The maximum Gasteiger partial charge on any atom is 0.141 e. The van der Waals surface area contributed by atoms with Gasteiger partial charge in [-0.05, 0) is 25.1 Å². The maximum absolute atomic E-state index is 9.14. The van der Waals surface area contributed by atoms with Gasteiger partial charge in [-0.3, -0.25) is 0 Å². The highest BCUT2D eigenvalue weighted by atomic mass is 35.5. The molecule has 0 aromatic carbocycles. The summed E-state index contributed by atoms with van der Waals surface area (Å²) in [5, 5.41) is 10.6. The minimum atomic E-state index is 0.0296. The van der Waals surface area contributed by atoms with Crippen molar-refractivity contribution < 1.29 is 5.11 Å². The molecule has 0 saturated heterocycles. The Bertz CT molecular complexity index is 464. The summed E-state index contributed by atoms with van der Waals surface area (Å²) >= 11 is 5.81. The predicted molar refractivity (Wildman–Crippen MR) is 56.3 cm³/mol. The summed E-state index contributed by atoms with van der Waals surface area (Å²) in [5.74, 6) is 0. The lowest BCUT2D eigenvalue weighted by atomic mass is 10.3. The first-order valence-electron chi connectivity index (χ1n) is 4.51. The minimum Gasteiger partial charge on any atom is -0.390 e. The lowest BCUT2D eigenvalue weighted by molar-refractivity contribution is 0.271. The molecule has 0 bridgehead atoms. The van der Waals surface area contributed by atoms with Crippen LogP contribution in [0.1, 0.15) is 12.6 Å². The first-order chi connectivity index (χ1) is 6.76. The molecule has 2 aromatic rings. The van der Waals surface area contributed by atoms with Gasteiger partial charge in [0.15, 0.2) is 0 Å². The number of aryl methyl sites for hydroxylation is 1. The Labute approximate surface area is 86.9 Å². The molecule has 2 aromatic heterocycles. The fourth-order valence-corrected chi connectivity index (χ4v) is 1.79. The summed E-state index contributed by atoms with van der Waals surface area (Å²) in [7, 11) is 0. The zero-order valence-corrected chi connectivity index (χ0v) is 8.62. The second kappa shape index (κ2) is 3.59. The van der Waals surface area contributed by atoms with E-state index >= 15 is 0 Å². The van der Waals surface area contributed by atoms with Gasteiger partial charge in [-0.25, -0.2) is 4.98 Å². The van der Waals surface area contributed by atoms with Gasteiger partial charge in [0, 0.05) is 17.6 Å². The van der Waals surface area contributed by atoms with Gasteiger partial charge in [-0.15, -0.1) is 0 Å². The van der Waals surface area contributed by atoms with E-state index in [9.17, 15) is 0 Å². The van der Waals surface area contributed by atoms with Crippen LogP contribution >= 0.6 is 11.6 Å². The molecule has 1 N–H and O–H groups in total. The number of aliphatic hydroxyl groups is 1. The van der Waals surface area contributed by atoms with Crippen molar-refractivity contribution in [1.29, 1.82) is 0 Å². The zero-order valence-electron chi connectivity index (χ0n) is 7.87. The molecule has 0 spiro atoms. The zero-order chi connectivity index (χ0) is 10.1. The van der Waals surface area contributed by atoms with Gasteiger partial charge in [0.1, 0.15) is 10.8 Å². The quantitative estimate of drug-likeness (QED) is 0.772. The highest BCUT2D eigenvalue weighted by molar-refractivity contribution is 6.29. The van der Waals surface area contributed by atoms with Crippen molar-refractivity contribution in [2.45, 2.75) is 20.1 Å². The second-order valence-corrected chi connectivity index (χ2v) is 3.47. The molecule has 2 rings (SSSR count). The van der Waals surface area contributed by atoms with Crippen molar-refractivity contribution >= 4 is 22.6 Å². The van der Waals surface area contributed by atoms with Gasteiger partial charge in [-0.2, -0.15) is 0 Å². The van der Waals surface area contributed by atoms with Gasteiger partial charge in [0.25, 0.3) is 0 Å². The number of aliphatic hydroxyl groups excluding tert-OH is 1. The van der Waals surface area contributed by atoms with Crippen LogP contribution in [0.3, 0.4) is 0 Å². The van der Waals surface area contributed by atoms with E-state index in [0.717, 1.165) is 23.3 Å². The molecule has 4 heteroatoms. The molecule has 0 aliphatic rings. The molecule has 14 heavy (non-hydrogen) atoms. The van der Waals surface area contributed by atoms with E-state index < -0.39 is 0 Å². The van der Waals surface area contributed by atoms with Crippen molar-refractivity contribution in [3.05, 3.63) is 29.0 Å². The summed E-state index contributed by atoms with van der Waals surface area (Å²) in [6.45, 7) is 2.83. The highest BCUT2D eigenvalue weighted by Crippen LogP contribution is 2.20. The van der Waals surface area contributed by atoms with Crippen LogP contribution in [0.15, 0.2) is 18.2 Å². The normalized spacial score (nSPS) is 11.1. The topological polar surface area (TPSA) is 38.0 Å². The number of hydrogen-bond donors (Lipinski definition) is 1. The molecule has 74 valence electrons. The van der Waals surface area contributed by atoms with Crippen LogP contribution < -0.4 is 0 Å². The van der Waals surface area contributed by atoms with Crippen molar-refractivity contribution in [1.82, 2.24) is 9.55 Å². The smallest absolute Gasteiger partial charge is 0.141 e. The van der Waals surface area contributed by atoms with Gasteiger partial charge in [0.05, 0.1) is 6.61 Å². The summed E-state index contributed by atoms with van der Waals surface area (Å²) in [6.07, 6.45) is 0. The number of pyridine rings is 1. The van der Waals surface area contributed by atoms with E-state index in [0.29, 0.717) is 5.15 Å². The van der Waals surface area contributed by atoms with Gasteiger partial charge >= 0.3 is 0 Å². The predicted octanol–water partition coefficient (Wildman–Crippen LogP) is 2.20. The monoisotopic (exact) mass is 210 g/mol. The second-order valence-electron chi connectivity index (χ2n) is 3.08. The average molecular weight is 211 g/mol. The molecule has 2 heterocycles. The van der Waals surface area contributed by atoms with Crippen molar-refractivity contribution in [2.24, 2.45) is 0 Å². The number of halogens is 1. The summed E-state index contributed by atoms with van der Waals surface area (Å²) in [4.78, 5) is 4.23. The molecule has 3 nitrogen and oxygen atoms in total. The van der Waals surface area contributed by atoms with E-state index in [2.05, 4.69) is 4.98 Å². The average Bonchev–Trinajstić information content (AvgIpc) is 2.54. The minimum absolute atomic E-state index is 0.0296. The molecule has 0 atom stereocenters. The largest absolute Gasteiger partial charge is 0.390 e. The first kappa shape index (κ1) is 9.49. The third-order valence-electron chi connectivity index (χ3n) is 2.27. The maximum atomic E-state index is 9.14. The Morgan fingerprint density at radius 2 is 2.29 bits per heavy atom. The number of nitrogens with zero attached hydrogens (tertiary/aromatic N) is 2. The SMILES string of the molecule is CCn1c(CO)cc2ccc(Cl)nc21. The Morgan fingerprint density at radius 3 is 2.93 bits per heavy atom. The van der Waals surface area contributed by atoms with Gasteiger partial charge < -0.3 is 9.67 Å². The standard InChI is InChI=1S/C10H11ClN2O/c1-2-13-8(6-14)5-7-3-4-9(11)12-10(7)13/h3-5,14H,2,6H2,1H3. The van der Waals surface area contributed by atoms with Crippen LogP contribution in [0.25, 0.3) is 11.0 Å². The third kappa shape index (κ3) is 1.38. The third-order valence-corrected chi connectivity index (χ3v) is 2.48. The van der Waals surface area contributed by atoms with E-state index in [1.807, 2.05) is 23.6 Å². The molecular formula is C10H11ClN2O. The van der Waals surface area contributed by atoms with Crippen LogP contribution in [0.5, 0.6) is 0 Å². The lowest BCUT2D eigenvalue weighted by Gasteiger charge is -2.03. The molecule has 0 amide bonds. The molecule has 0 aliphatic carbocycles. The number of fused-ring (bicyclic) bond motifs is 1. The van der Waals surface area contributed by atoms with Crippen molar-refractivity contribution in [2.75, 3.05) is 0 Å². The Morgan fingerprint density at radius 1 is 1.50 bits per heavy atom. The van der Waals surface area contributed by atoms with Gasteiger partial charge in [0.2, 0.25) is 0 Å². The van der Waals surface area contributed by atoms with Crippen LogP contribution in [-0.2, 0) is 13.2 Å². The fraction of sp³-hybridized carbons (Fsp3) is 0.300. The summed E-state index contributed by atoms with van der Waals surface area (Å²) < 4.78 is 1.96. The van der Waals surface area contributed by atoms with Crippen LogP contribution in [0.4, 0.5) is 0 Å². The first-order valence-corrected chi connectivity index (χ1v) is 4.89.